The number of amides is 2. The third-order valence-electron chi connectivity index (χ3n) is 8.40. The smallest absolute Gasteiger partial charge is 0.323 e. The molecule has 0 aliphatic heterocycles. The highest BCUT2D eigenvalue weighted by Gasteiger charge is 2.25. The van der Waals surface area contributed by atoms with Crippen molar-refractivity contribution in [2.75, 3.05) is 20.1 Å². The number of fused-ring (bicyclic) bond motifs is 2. The summed E-state index contributed by atoms with van der Waals surface area (Å²) in [5, 5.41) is 25.9. The van der Waals surface area contributed by atoms with Gasteiger partial charge in [-0.05, 0) is 131 Å². The van der Waals surface area contributed by atoms with Crippen LogP contribution in [0.15, 0.2) is 117 Å². The van der Waals surface area contributed by atoms with Crippen molar-refractivity contribution in [3.05, 3.63) is 108 Å². The molecular formula is C35H30N4O13S4. The Kier molecular flexibility index (Phi) is 10.1. The molecular weight excluding hydrogens is 813 g/mol. The highest BCUT2D eigenvalue weighted by atomic mass is 32.2. The summed E-state index contributed by atoms with van der Waals surface area (Å²) in [6, 6.07) is 18.7. The monoisotopic (exact) mass is 842 g/mol. The lowest BCUT2D eigenvalue weighted by atomic mass is 10.1. The van der Waals surface area contributed by atoms with Gasteiger partial charge < -0.3 is 20.8 Å². The summed E-state index contributed by atoms with van der Waals surface area (Å²) in [6.07, 6.45) is 0. The Balaban J connectivity index is 1.18. The number of aromatic hydroxyl groups is 2. The van der Waals surface area contributed by atoms with Crippen LogP contribution in [-0.4, -0.2) is 59.0 Å². The van der Waals surface area contributed by atoms with Gasteiger partial charge in [0.15, 0.2) is 0 Å². The maximum absolute atomic E-state index is 13.3. The summed E-state index contributed by atoms with van der Waals surface area (Å²) in [7, 11) is -18.7. The van der Waals surface area contributed by atoms with Crippen molar-refractivity contribution in [1.29, 1.82) is 0 Å². The molecule has 0 heterocycles. The molecule has 0 unspecified atom stereocenters. The number of benzene rings is 6. The summed E-state index contributed by atoms with van der Waals surface area (Å²) in [4.78, 5) is 10.9. The van der Waals surface area contributed by atoms with Crippen LogP contribution < -0.4 is 20.1 Å². The van der Waals surface area contributed by atoms with E-state index in [-0.39, 0.29) is 54.6 Å². The van der Waals surface area contributed by atoms with Crippen LogP contribution in [0.25, 0.3) is 21.5 Å². The van der Waals surface area contributed by atoms with Gasteiger partial charge in [-0.25, -0.2) is 21.6 Å². The van der Waals surface area contributed by atoms with E-state index in [1.165, 1.54) is 74.5 Å². The second-order valence-corrected chi connectivity index (χ2v) is 18.6. The zero-order chi connectivity index (χ0) is 41.0. The van der Waals surface area contributed by atoms with Gasteiger partial charge in [-0.1, -0.05) is 12.1 Å². The van der Waals surface area contributed by atoms with E-state index in [4.69, 9.17) is 0 Å². The second-order valence-electron chi connectivity index (χ2n) is 12.5. The Hall–Kier alpha value is -5.97. The number of hydrogen-bond donors (Lipinski definition) is 8. The van der Waals surface area contributed by atoms with Crippen molar-refractivity contribution in [3.63, 3.8) is 0 Å². The quantitative estimate of drug-likeness (QED) is 0.0763. The molecule has 6 aromatic carbocycles. The first kappa shape index (κ1) is 39.7. The van der Waals surface area contributed by atoms with Crippen LogP contribution in [0.3, 0.4) is 0 Å². The number of sulfonamides is 2. The molecule has 0 radical (unpaired) electrons. The predicted octanol–water partition coefficient (Wildman–Crippen LogP) is 5.76. The Morgan fingerprint density at radius 1 is 0.464 bits per heavy atom. The normalized spacial score (nSPS) is 12.4. The molecule has 21 heteroatoms. The molecule has 0 aliphatic carbocycles. The lowest BCUT2D eigenvalue weighted by Gasteiger charge is -2.16. The molecule has 8 N–H and O–H groups in total. The number of carbonyl (C=O) groups excluding carboxylic acids is 1. The minimum Gasteiger partial charge on any atom is -0.508 e. The summed E-state index contributed by atoms with van der Waals surface area (Å²) in [6.45, 7) is 2.97. The standard InChI is InChI=1S/C35H30N4O13S4/c1-19-11-27(53(43,44)38-31-15-23-13-25(40)5-3-21(23)17-33(31)55(47,48)49)7-9-29(19)36-35(42)37-30-10-8-28(12-20(30)2)54(45,46)39-32-16-24-14-26(41)6-4-22(24)18-34(32)56(50,51)52/h3-18,38-41H,1-2H3,(H2,36,37,42)(H,47,48,49)(H,50,51,52). The lowest BCUT2D eigenvalue weighted by molar-refractivity contribution is 0.262. The number of urea groups is 1. The van der Waals surface area contributed by atoms with E-state index in [2.05, 4.69) is 20.1 Å². The SMILES string of the molecule is Cc1cc(S(=O)(=O)Nc2cc3cc(O)ccc3cc2S(=O)(=O)O)ccc1NC(=O)Nc1ccc(S(=O)(=O)Nc2cc3cc(O)ccc3cc2S(=O)(=O)O)cc1C. The zero-order valence-corrected chi connectivity index (χ0v) is 32.1. The fourth-order valence-corrected chi connectivity index (χ4v) is 9.45. The molecule has 0 aromatic heterocycles. The molecule has 0 bridgehead atoms. The average Bonchev–Trinajstić information content (AvgIpc) is 3.08. The number of hydrogen-bond acceptors (Lipinski definition) is 11. The predicted molar refractivity (Wildman–Crippen MR) is 207 cm³/mol. The van der Waals surface area contributed by atoms with Crippen LogP contribution >= 0.6 is 0 Å². The van der Waals surface area contributed by atoms with Gasteiger partial charge in [0, 0.05) is 11.4 Å². The Morgan fingerprint density at radius 2 is 0.839 bits per heavy atom. The minimum absolute atomic E-state index is 0.165. The van der Waals surface area contributed by atoms with E-state index in [9.17, 15) is 57.8 Å². The molecule has 56 heavy (non-hydrogen) atoms. The molecule has 0 aliphatic rings. The molecule has 0 spiro atoms. The maximum Gasteiger partial charge on any atom is 0.323 e. The number of carbonyl (C=O) groups is 1. The molecule has 17 nitrogen and oxygen atoms in total. The lowest BCUT2D eigenvalue weighted by Crippen LogP contribution is -2.21. The van der Waals surface area contributed by atoms with Crippen molar-refractivity contribution in [1.82, 2.24) is 0 Å². The minimum atomic E-state index is -4.90. The van der Waals surface area contributed by atoms with Crippen LogP contribution in [0.2, 0.25) is 0 Å². The second kappa shape index (κ2) is 14.3. The molecule has 292 valence electrons. The van der Waals surface area contributed by atoms with Crippen molar-refractivity contribution in [2.24, 2.45) is 0 Å². The van der Waals surface area contributed by atoms with Gasteiger partial charge >= 0.3 is 6.03 Å². The summed E-state index contributed by atoms with van der Waals surface area (Å²) >= 11 is 0. The van der Waals surface area contributed by atoms with E-state index in [1.54, 1.807) is 0 Å². The third kappa shape index (κ3) is 8.46. The van der Waals surface area contributed by atoms with E-state index < -0.39 is 67.5 Å². The fourth-order valence-electron chi connectivity index (χ4n) is 5.69. The van der Waals surface area contributed by atoms with E-state index >= 15 is 0 Å². The number of nitrogens with one attached hydrogen (secondary N) is 4. The first-order chi connectivity index (χ1) is 26.0. The molecule has 0 atom stereocenters. The van der Waals surface area contributed by atoms with E-state index in [0.29, 0.717) is 10.8 Å². The summed E-state index contributed by atoms with van der Waals surface area (Å²) in [5.41, 5.74) is -0.0981. The van der Waals surface area contributed by atoms with Crippen molar-refractivity contribution in [2.45, 2.75) is 33.4 Å². The summed E-state index contributed by atoms with van der Waals surface area (Å²) in [5.74, 6) is -0.330. The average molecular weight is 843 g/mol. The van der Waals surface area contributed by atoms with Gasteiger partial charge in [0.1, 0.15) is 21.3 Å². The number of phenols is 2. The number of rotatable bonds is 10. The van der Waals surface area contributed by atoms with Crippen LogP contribution in [-0.2, 0) is 40.3 Å². The molecule has 6 aromatic rings. The third-order valence-corrected chi connectivity index (χ3v) is 12.9. The molecule has 0 saturated carbocycles. The van der Waals surface area contributed by atoms with Gasteiger partial charge in [-0.15, -0.1) is 0 Å². The number of phenolic OH excluding ortho intramolecular Hbond substituents is 2. The van der Waals surface area contributed by atoms with Gasteiger partial charge in [0.2, 0.25) is 0 Å². The highest BCUT2D eigenvalue weighted by molar-refractivity contribution is 7.93. The van der Waals surface area contributed by atoms with Crippen LogP contribution in [0.1, 0.15) is 11.1 Å². The van der Waals surface area contributed by atoms with Crippen LogP contribution in [0.4, 0.5) is 27.5 Å². The van der Waals surface area contributed by atoms with Gasteiger partial charge in [-0.2, -0.15) is 16.8 Å². The number of anilines is 4. The van der Waals surface area contributed by atoms with Crippen LogP contribution in [0.5, 0.6) is 11.5 Å². The maximum atomic E-state index is 13.3. The zero-order valence-electron chi connectivity index (χ0n) is 28.8. The molecule has 0 saturated heterocycles. The molecule has 2 amide bonds. The Morgan fingerprint density at radius 3 is 1.18 bits per heavy atom. The Labute approximate surface area is 320 Å². The Bertz CT molecular complexity index is 2880. The number of aryl methyl sites for hydroxylation is 2. The van der Waals surface area contributed by atoms with E-state index in [0.717, 1.165) is 36.4 Å². The van der Waals surface area contributed by atoms with Crippen molar-refractivity contribution in [3.8, 4) is 11.5 Å². The highest BCUT2D eigenvalue weighted by Crippen LogP contribution is 2.34. The van der Waals surface area contributed by atoms with Crippen molar-refractivity contribution >= 4 is 90.6 Å². The van der Waals surface area contributed by atoms with Gasteiger partial charge in [0.25, 0.3) is 40.3 Å². The molecule has 0 fully saturated rings. The van der Waals surface area contributed by atoms with Crippen LogP contribution in [0, 0.1) is 13.8 Å². The van der Waals surface area contributed by atoms with Gasteiger partial charge in [0.05, 0.1) is 21.2 Å². The topological polar surface area (TPSA) is 283 Å². The largest absolute Gasteiger partial charge is 0.508 e. The van der Waals surface area contributed by atoms with Gasteiger partial charge in [-0.3, -0.25) is 18.5 Å². The first-order valence-corrected chi connectivity index (χ1v) is 21.7. The van der Waals surface area contributed by atoms with Crippen molar-refractivity contribution < 1.29 is 57.8 Å². The fraction of sp³-hybridized carbons (Fsp3) is 0.0571. The summed E-state index contributed by atoms with van der Waals surface area (Å²) < 4.78 is 126. The first-order valence-electron chi connectivity index (χ1n) is 15.8. The molecule has 6 rings (SSSR count). The van der Waals surface area contributed by atoms with E-state index in [1.807, 2.05) is 0 Å².